The van der Waals surface area contributed by atoms with E-state index >= 15 is 0 Å². The van der Waals surface area contributed by atoms with Gasteiger partial charge in [-0.1, -0.05) is 11.6 Å². The van der Waals surface area contributed by atoms with E-state index in [9.17, 15) is 4.39 Å². The third-order valence-corrected chi connectivity index (χ3v) is 2.62. The lowest BCUT2D eigenvalue weighted by molar-refractivity contribution is 0.127. The van der Waals surface area contributed by atoms with Crippen molar-refractivity contribution < 1.29 is 13.9 Å². The Hall–Kier alpha value is -2.23. The van der Waals surface area contributed by atoms with Crippen molar-refractivity contribution in [3.63, 3.8) is 0 Å². The van der Waals surface area contributed by atoms with Crippen LogP contribution < -0.4 is 4.74 Å². The summed E-state index contributed by atoms with van der Waals surface area (Å²) < 4.78 is 24.3. The Bertz CT molecular complexity index is 688. The van der Waals surface area contributed by atoms with E-state index in [0.717, 1.165) is 6.07 Å². The molecule has 0 N–H and O–H groups in total. The van der Waals surface area contributed by atoms with Gasteiger partial charge in [-0.25, -0.2) is 9.37 Å². The van der Waals surface area contributed by atoms with Crippen LogP contribution in [0.25, 0.3) is 0 Å². The van der Waals surface area contributed by atoms with E-state index in [4.69, 9.17) is 26.3 Å². The second-order valence-corrected chi connectivity index (χ2v) is 4.33. The quantitative estimate of drug-likeness (QED) is 0.791. The predicted molar refractivity (Wildman–Crippen MR) is 73.6 cm³/mol. The molecule has 2 aromatic rings. The Kier molecular flexibility index (Phi) is 5.04. The molecule has 1 aromatic heterocycles. The number of nitrogens with zero attached hydrogens (tertiary/aromatic N) is 3. The van der Waals surface area contributed by atoms with Crippen molar-refractivity contribution in [3.05, 3.63) is 46.6 Å². The molecule has 21 heavy (non-hydrogen) atoms. The molecule has 2 rings (SSSR count). The fraction of sp³-hybridized carbons (Fsp3) is 0.214. The van der Waals surface area contributed by atoms with Gasteiger partial charge in [-0.05, 0) is 25.1 Å². The van der Waals surface area contributed by atoms with Crippen molar-refractivity contribution in [2.45, 2.75) is 13.5 Å². The minimum Gasteiger partial charge on any atom is -0.436 e. The number of halogens is 2. The van der Waals surface area contributed by atoms with Crippen LogP contribution in [0.4, 0.5) is 4.39 Å². The number of rotatable bonds is 5. The van der Waals surface area contributed by atoms with E-state index in [1.54, 1.807) is 0 Å². The summed E-state index contributed by atoms with van der Waals surface area (Å²) >= 11 is 5.86. The second kappa shape index (κ2) is 6.97. The first-order valence-electron chi connectivity index (χ1n) is 6.11. The maximum Gasteiger partial charge on any atom is 0.224 e. The van der Waals surface area contributed by atoms with Gasteiger partial charge in [-0.2, -0.15) is 10.2 Å². The molecule has 5 nitrogen and oxygen atoms in total. The maximum absolute atomic E-state index is 13.7. The van der Waals surface area contributed by atoms with Gasteiger partial charge in [0.05, 0.1) is 11.6 Å². The lowest BCUT2D eigenvalue weighted by Crippen LogP contribution is -2.01. The number of benzene rings is 1. The standard InChI is InChI=1S/C14H11ClFN3O2/c1-2-20-8-13-18-12(15)6-14(19-13)21-11-4-3-9(7-17)5-10(11)16/h3-6H,2,8H2,1H3. The van der Waals surface area contributed by atoms with Crippen LogP contribution in [0, 0.1) is 17.1 Å². The van der Waals surface area contributed by atoms with Crippen LogP contribution in [0.2, 0.25) is 5.15 Å². The number of hydrogen-bond donors (Lipinski definition) is 0. The van der Waals surface area contributed by atoms with Gasteiger partial charge in [0.1, 0.15) is 11.8 Å². The van der Waals surface area contributed by atoms with E-state index < -0.39 is 5.82 Å². The van der Waals surface area contributed by atoms with Gasteiger partial charge in [0.2, 0.25) is 5.88 Å². The van der Waals surface area contributed by atoms with E-state index in [2.05, 4.69) is 9.97 Å². The number of hydrogen-bond acceptors (Lipinski definition) is 5. The minimum atomic E-state index is -0.657. The Morgan fingerprint density at radius 1 is 1.33 bits per heavy atom. The fourth-order valence-corrected chi connectivity index (χ4v) is 1.71. The van der Waals surface area contributed by atoms with Crippen molar-refractivity contribution in [3.8, 4) is 17.7 Å². The summed E-state index contributed by atoms with van der Waals surface area (Å²) in [6.45, 7) is 2.54. The zero-order chi connectivity index (χ0) is 15.2. The van der Waals surface area contributed by atoms with Crippen molar-refractivity contribution in [1.29, 1.82) is 5.26 Å². The van der Waals surface area contributed by atoms with Gasteiger partial charge < -0.3 is 9.47 Å². The van der Waals surface area contributed by atoms with Crippen LogP contribution in [-0.2, 0) is 11.3 Å². The maximum atomic E-state index is 13.7. The Morgan fingerprint density at radius 3 is 2.81 bits per heavy atom. The smallest absolute Gasteiger partial charge is 0.224 e. The van der Waals surface area contributed by atoms with E-state index in [1.165, 1.54) is 18.2 Å². The first kappa shape index (κ1) is 15.2. The van der Waals surface area contributed by atoms with Gasteiger partial charge in [0.15, 0.2) is 17.4 Å². The van der Waals surface area contributed by atoms with Crippen LogP contribution >= 0.6 is 11.6 Å². The van der Waals surface area contributed by atoms with Gasteiger partial charge in [0.25, 0.3) is 0 Å². The van der Waals surface area contributed by atoms with Gasteiger partial charge in [-0.3, -0.25) is 0 Å². The zero-order valence-electron chi connectivity index (χ0n) is 11.1. The third kappa shape index (κ3) is 4.12. The average molecular weight is 308 g/mol. The molecule has 0 aliphatic carbocycles. The highest BCUT2D eigenvalue weighted by Gasteiger charge is 2.10. The predicted octanol–water partition coefficient (Wildman–Crippen LogP) is 3.47. The van der Waals surface area contributed by atoms with Crippen LogP contribution in [0.3, 0.4) is 0 Å². The molecule has 0 atom stereocenters. The average Bonchev–Trinajstić information content (AvgIpc) is 2.46. The minimum absolute atomic E-state index is 0.0499. The summed E-state index contributed by atoms with van der Waals surface area (Å²) in [5, 5.41) is 8.86. The Labute approximate surface area is 125 Å². The van der Waals surface area contributed by atoms with E-state index in [1.807, 2.05) is 13.0 Å². The molecular weight excluding hydrogens is 297 g/mol. The normalized spacial score (nSPS) is 10.2. The van der Waals surface area contributed by atoms with Crippen LogP contribution in [0.1, 0.15) is 18.3 Å². The molecule has 0 aliphatic rings. The molecular formula is C14H11ClFN3O2. The van der Waals surface area contributed by atoms with Crippen molar-refractivity contribution >= 4 is 11.6 Å². The highest BCUT2D eigenvalue weighted by Crippen LogP contribution is 2.25. The molecule has 0 saturated heterocycles. The number of ether oxygens (including phenoxy) is 2. The highest BCUT2D eigenvalue weighted by atomic mass is 35.5. The van der Waals surface area contributed by atoms with Gasteiger partial charge in [-0.15, -0.1) is 0 Å². The lowest BCUT2D eigenvalue weighted by atomic mass is 10.2. The molecule has 0 radical (unpaired) electrons. The largest absolute Gasteiger partial charge is 0.436 e. The number of nitriles is 1. The first-order valence-corrected chi connectivity index (χ1v) is 6.49. The summed E-state index contributed by atoms with van der Waals surface area (Å²) in [5.74, 6) is -0.261. The highest BCUT2D eigenvalue weighted by molar-refractivity contribution is 6.29. The second-order valence-electron chi connectivity index (χ2n) is 3.94. The van der Waals surface area contributed by atoms with Crippen molar-refractivity contribution in [2.75, 3.05) is 6.61 Å². The Balaban J connectivity index is 2.23. The van der Waals surface area contributed by atoms with Gasteiger partial charge in [0, 0.05) is 12.7 Å². The summed E-state index contributed by atoms with van der Waals surface area (Å²) in [4.78, 5) is 8.05. The van der Waals surface area contributed by atoms with Crippen LogP contribution in [0.5, 0.6) is 11.6 Å². The van der Waals surface area contributed by atoms with Crippen LogP contribution in [-0.4, -0.2) is 16.6 Å². The van der Waals surface area contributed by atoms with E-state index in [0.29, 0.717) is 12.4 Å². The summed E-state index contributed by atoms with van der Waals surface area (Å²) in [7, 11) is 0. The number of aromatic nitrogens is 2. The SMILES string of the molecule is CCOCc1nc(Cl)cc(Oc2ccc(C#N)cc2F)n1. The molecule has 0 unspecified atom stereocenters. The van der Waals surface area contributed by atoms with Crippen molar-refractivity contribution in [2.24, 2.45) is 0 Å². The van der Waals surface area contributed by atoms with Crippen molar-refractivity contribution in [1.82, 2.24) is 9.97 Å². The molecule has 1 heterocycles. The summed E-state index contributed by atoms with van der Waals surface area (Å²) in [5.41, 5.74) is 0.206. The molecule has 0 bridgehead atoms. The zero-order valence-corrected chi connectivity index (χ0v) is 11.9. The molecule has 0 spiro atoms. The Morgan fingerprint density at radius 2 is 2.14 bits per heavy atom. The fourth-order valence-electron chi connectivity index (χ4n) is 1.52. The molecule has 108 valence electrons. The molecule has 0 aliphatic heterocycles. The first-order chi connectivity index (χ1) is 10.1. The molecule has 0 fully saturated rings. The lowest BCUT2D eigenvalue weighted by Gasteiger charge is -2.08. The third-order valence-electron chi connectivity index (χ3n) is 2.43. The topological polar surface area (TPSA) is 68.0 Å². The molecule has 7 heteroatoms. The summed E-state index contributed by atoms with van der Waals surface area (Å²) in [6, 6.07) is 7.09. The molecule has 0 amide bonds. The van der Waals surface area contributed by atoms with Gasteiger partial charge >= 0.3 is 0 Å². The monoisotopic (exact) mass is 307 g/mol. The molecule has 1 aromatic carbocycles. The molecule has 0 saturated carbocycles. The summed E-state index contributed by atoms with van der Waals surface area (Å²) in [6.07, 6.45) is 0. The van der Waals surface area contributed by atoms with E-state index in [-0.39, 0.29) is 29.0 Å². The van der Waals surface area contributed by atoms with Crippen LogP contribution in [0.15, 0.2) is 24.3 Å².